The standard InChI is InChI=1S/C19H31NO5/c1-3-4-10-24-15-11-14-17(23)20-19(12-21,18(14,2)25-15)16(22)13-8-6-5-7-9-13/h6,8,13-16,21-22H,3-5,7,9-12H2,1-2H3,(H,20,23)/t13-,14+,15?,16-,18+,19-/m1/s1. The Morgan fingerprint density at radius 1 is 1.52 bits per heavy atom. The molecule has 6 atom stereocenters. The van der Waals surface area contributed by atoms with Gasteiger partial charge in [-0.2, -0.15) is 0 Å². The maximum absolute atomic E-state index is 12.6. The second-order valence-electron chi connectivity index (χ2n) is 7.75. The van der Waals surface area contributed by atoms with Gasteiger partial charge in [-0.25, -0.2) is 0 Å². The van der Waals surface area contributed by atoms with E-state index in [0.717, 1.165) is 32.1 Å². The lowest BCUT2D eigenvalue weighted by Gasteiger charge is -2.46. The van der Waals surface area contributed by atoms with Gasteiger partial charge < -0.3 is 25.0 Å². The second-order valence-corrected chi connectivity index (χ2v) is 7.75. The molecule has 1 aliphatic carbocycles. The van der Waals surface area contributed by atoms with Gasteiger partial charge in [-0.3, -0.25) is 4.79 Å². The van der Waals surface area contributed by atoms with Crippen LogP contribution in [0.1, 0.15) is 52.4 Å². The first kappa shape index (κ1) is 18.8. The van der Waals surface area contributed by atoms with Crippen LogP contribution in [0, 0.1) is 11.8 Å². The summed E-state index contributed by atoms with van der Waals surface area (Å²) < 4.78 is 11.9. The molecular weight excluding hydrogens is 322 g/mol. The molecule has 0 aromatic rings. The minimum absolute atomic E-state index is 0.0968. The molecule has 2 fully saturated rings. The summed E-state index contributed by atoms with van der Waals surface area (Å²) in [7, 11) is 0. The minimum Gasteiger partial charge on any atom is -0.394 e. The smallest absolute Gasteiger partial charge is 0.227 e. The molecule has 0 spiro atoms. The van der Waals surface area contributed by atoms with Crippen molar-refractivity contribution in [3.63, 3.8) is 0 Å². The topological polar surface area (TPSA) is 88.0 Å². The summed E-state index contributed by atoms with van der Waals surface area (Å²) in [6, 6.07) is 0. The number of ether oxygens (including phenoxy) is 2. The highest BCUT2D eigenvalue weighted by atomic mass is 16.7. The molecule has 0 aromatic carbocycles. The van der Waals surface area contributed by atoms with Gasteiger partial charge in [0.1, 0.15) is 11.1 Å². The van der Waals surface area contributed by atoms with E-state index in [0.29, 0.717) is 13.0 Å². The lowest BCUT2D eigenvalue weighted by molar-refractivity contribution is -0.206. The number of unbranched alkanes of at least 4 members (excludes halogenated alkanes) is 1. The van der Waals surface area contributed by atoms with Crippen LogP contribution in [-0.2, 0) is 14.3 Å². The fraction of sp³-hybridized carbons (Fsp3) is 0.842. The van der Waals surface area contributed by atoms with Gasteiger partial charge in [-0.1, -0.05) is 25.5 Å². The van der Waals surface area contributed by atoms with Crippen LogP contribution in [0.15, 0.2) is 12.2 Å². The first-order valence-corrected chi connectivity index (χ1v) is 9.55. The quantitative estimate of drug-likeness (QED) is 0.477. The molecule has 2 saturated heterocycles. The average molecular weight is 353 g/mol. The maximum Gasteiger partial charge on any atom is 0.227 e. The van der Waals surface area contributed by atoms with Gasteiger partial charge in [0.2, 0.25) is 5.91 Å². The average Bonchev–Trinajstić information content (AvgIpc) is 3.07. The number of aliphatic hydroxyl groups is 2. The number of aliphatic hydroxyl groups excluding tert-OH is 2. The van der Waals surface area contributed by atoms with Crippen molar-refractivity contribution in [1.82, 2.24) is 5.32 Å². The Morgan fingerprint density at radius 2 is 2.32 bits per heavy atom. The summed E-state index contributed by atoms with van der Waals surface area (Å²) in [5.74, 6) is -0.689. The molecule has 0 radical (unpaired) electrons. The number of rotatable bonds is 7. The molecule has 25 heavy (non-hydrogen) atoms. The van der Waals surface area contributed by atoms with Crippen molar-refractivity contribution in [1.29, 1.82) is 0 Å². The molecule has 6 heteroatoms. The lowest BCUT2D eigenvalue weighted by atomic mass is 9.69. The van der Waals surface area contributed by atoms with E-state index in [-0.39, 0.29) is 18.4 Å². The second kappa shape index (κ2) is 7.35. The fourth-order valence-electron chi connectivity index (χ4n) is 4.61. The van der Waals surface area contributed by atoms with Crippen LogP contribution in [0.4, 0.5) is 0 Å². The summed E-state index contributed by atoms with van der Waals surface area (Å²) in [4.78, 5) is 12.6. The van der Waals surface area contributed by atoms with E-state index < -0.39 is 29.5 Å². The van der Waals surface area contributed by atoms with Crippen molar-refractivity contribution in [2.45, 2.75) is 75.9 Å². The zero-order chi connectivity index (χ0) is 18.1. The minimum atomic E-state index is -1.20. The molecule has 0 bridgehead atoms. The number of nitrogens with one attached hydrogen (secondary N) is 1. The Bertz CT molecular complexity index is 524. The fourth-order valence-corrected chi connectivity index (χ4v) is 4.61. The van der Waals surface area contributed by atoms with E-state index in [1.807, 2.05) is 13.0 Å². The molecule has 3 rings (SSSR count). The first-order chi connectivity index (χ1) is 12.0. The van der Waals surface area contributed by atoms with E-state index in [9.17, 15) is 15.0 Å². The van der Waals surface area contributed by atoms with Gasteiger partial charge in [0.25, 0.3) is 0 Å². The molecule has 0 aromatic heterocycles. The number of carbonyl (C=O) groups excluding carboxylic acids is 1. The number of carbonyl (C=O) groups is 1. The molecular formula is C19H31NO5. The van der Waals surface area contributed by atoms with Gasteiger partial charge in [-0.15, -0.1) is 0 Å². The molecule has 2 heterocycles. The zero-order valence-corrected chi connectivity index (χ0v) is 15.2. The van der Waals surface area contributed by atoms with Crippen LogP contribution in [0.2, 0.25) is 0 Å². The predicted octanol–water partition coefficient (Wildman–Crippen LogP) is 1.50. The first-order valence-electron chi connectivity index (χ1n) is 9.55. The number of amides is 1. The van der Waals surface area contributed by atoms with Gasteiger partial charge >= 0.3 is 0 Å². The molecule has 1 unspecified atom stereocenters. The van der Waals surface area contributed by atoms with Gasteiger partial charge in [-0.05, 0) is 32.6 Å². The lowest BCUT2D eigenvalue weighted by Crippen LogP contribution is -2.68. The van der Waals surface area contributed by atoms with Crippen LogP contribution < -0.4 is 5.32 Å². The third kappa shape index (κ3) is 3.03. The van der Waals surface area contributed by atoms with E-state index in [4.69, 9.17) is 9.47 Å². The highest BCUT2D eigenvalue weighted by Gasteiger charge is 2.70. The molecule has 6 nitrogen and oxygen atoms in total. The van der Waals surface area contributed by atoms with Gasteiger partial charge in [0.15, 0.2) is 6.29 Å². The largest absolute Gasteiger partial charge is 0.394 e. The van der Waals surface area contributed by atoms with Crippen LogP contribution in [0.5, 0.6) is 0 Å². The number of allylic oxidation sites excluding steroid dienone is 1. The Labute approximate surface area is 149 Å². The Kier molecular flexibility index (Phi) is 5.54. The van der Waals surface area contributed by atoms with E-state index in [2.05, 4.69) is 18.3 Å². The number of hydrogen-bond acceptors (Lipinski definition) is 5. The third-order valence-electron chi connectivity index (χ3n) is 6.27. The summed E-state index contributed by atoms with van der Waals surface area (Å²) in [5.41, 5.74) is -2.19. The van der Waals surface area contributed by atoms with Crippen molar-refractivity contribution in [3.8, 4) is 0 Å². The number of hydrogen-bond donors (Lipinski definition) is 3. The van der Waals surface area contributed by atoms with Crippen LogP contribution in [0.3, 0.4) is 0 Å². The SMILES string of the molecule is CCCCOC1C[C@H]2C(=O)N[C@](CO)([C@H](O)[C@@H]3C=CCCC3)[C@@]2(C)O1. The third-order valence-corrected chi connectivity index (χ3v) is 6.27. The Balaban J connectivity index is 1.83. The predicted molar refractivity (Wildman–Crippen MR) is 92.7 cm³/mol. The van der Waals surface area contributed by atoms with Gasteiger partial charge in [0, 0.05) is 18.9 Å². The summed E-state index contributed by atoms with van der Waals surface area (Å²) in [5, 5.41) is 24.2. The van der Waals surface area contributed by atoms with Crippen molar-refractivity contribution in [2.24, 2.45) is 11.8 Å². The van der Waals surface area contributed by atoms with Crippen LogP contribution in [0.25, 0.3) is 0 Å². The monoisotopic (exact) mass is 353 g/mol. The molecule has 3 N–H and O–H groups in total. The molecule has 1 amide bonds. The van der Waals surface area contributed by atoms with Crippen molar-refractivity contribution in [3.05, 3.63) is 12.2 Å². The Hall–Kier alpha value is -0.950. The maximum atomic E-state index is 12.6. The highest BCUT2D eigenvalue weighted by Crippen LogP contribution is 2.51. The van der Waals surface area contributed by atoms with E-state index >= 15 is 0 Å². The van der Waals surface area contributed by atoms with Crippen molar-refractivity contribution < 1.29 is 24.5 Å². The highest BCUT2D eigenvalue weighted by molar-refractivity contribution is 5.85. The summed E-state index contributed by atoms with van der Waals surface area (Å²) >= 11 is 0. The van der Waals surface area contributed by atoms with E-state index in [1.165, 1.54) is 0 Å². The molecule has 2 aliphatic heterocycles. The summed E-state index contributed by atoms with van der Waals surface area (Å²) in [6.45, 7) is 4.14. The van der Waals surface area contributed by atoms with Crippen molar-refractivity contribution >= 4 is 5.91 Å². The molecule has 3 aliphatic rings. The normalized spacial score (nSPS) is 41.6. The van der Waals surface area contributed by atoms with Gasteiger partial charge in [0.05, 0.1) is 18.6 Å². The zero-order valence-electron chi connectivity index (χ0n) is 15.2. The van der Waals surface area contributed by atoms with Crippen LogP contribution in [-0.4, -0.2) is 52.9 Å². The Morgan fingerprint density at radius 3 is 2.96 bits per heavy atom. The van der Waals surface area contributed by atoms with Crippen LogP contribution >= 0.6 is 0 Å². The summed E-state index contributed by atoms with van der Waals surface area (Å²) in [6.07, 6.45) is 7.96. The van der Waals surface area contributed by atoms with Crippen molar-refractivity contribution in [2.75, 3.05) is 13.2 Å². The number of fused-ring (bicyclic) bond motifs is 1. The molecule has 0 saturated carbocycles. The molecule has 142 valence electrons. The van der Waals surface area contributed by atoms with E-state index in [1.54, 1.807) is 0 Å².